The second-order valence-corrected chi connectivity index (χ2v) is 4.68. The van der Waals surface area contributed by atoms with Crippen LogP contribution in [0, 0.1) is 0 Å². The molecule has 0 spiro atoms. The number of aliphatic carboxylic acids is 1. The van der Waals surface area contributed by atoms with E-state index in [2.05, 4.69) is 4.98 Å². The van der Waals surface area contributed by atoms with Crippen molar-refractivity contribution in [1.29, 1.82) is 0 Å². The second-order valence-electron chi connectivity index (χ2n) is 3.46. The summed E-state index contributed by atoms with van der Waals surface area (Å²) < 4.78 is 2.02. The van der Waals surface area contributed by atoms with Gasteiger partial charge in [-0.1, -0.05) is 17.8 Å². The van der Waals surface area contributed by atoms with Crippen LogP contribution in [-0.2, 0) is 11.2 Å². The summed E-state index contributed by atoms with van der Waals surface area (Å²) in [5.74, 6) is -0.760. The van der Waals surface area contributed by atoms with Gasteiger partial charge in [0, 0.05) is 18.3 Å². The van der Waals surface area contributed by atoms with E-state index in [0.29, 0.717) is 6.42 Å². The number of pyridine rings is 1. The second kappa shape index (κ2) is 5.16. The molecule has 0 bridgehead atoms. The Morgan fingerprint density at radius 2 is 2.24 bits per heavy atom. The first-order valence-corrected chi connectivity index (χ1v) is 5.48. The van der Waals surface area contributed by atoms with Crippen LogP contribution >= 0.6 is 36.6 Å². The van der Waals surface area contributed by atoms with Crippen molar-refractivity contribution in [3.8, 4) is 0 Å². The molecule has 1 unspecified atom stereocenters. The number of thioether (sulfide) groups is 1. The van der Waals surface area contributed by atoms with Gasteiger partial charge in [-0.3, -0.25) is 9.20 Å². The topological polar surface area (TPSA) is 54.6 Å². The van der Waals surface area contributed by atoms with Gasteiger partial charge in [-0.25, -0.2) is 4.98 Å². The Hall–Kier alpha value is -0.910. The van der Waals surface area contributed by atoms with Gasteiger partial charge in [0.05, 0.1) is 5.03 Å². The van der Waals surface area contributed by atoms with Crippen LogP contribution in [0.2, 0.25) is 0 Å². The third-order valence-electron chi connectivity index (χ3n) is 2.50. The molecule has 17 heavy (non-hydrogen) atoms. The molecule has 3 heterocycles. The monoisotopic (exact) mass is 292 g/mol. The lowest BCUT2D eigenvalue weighted by molar-refractivity contribution is -0.136. The lowest BCUT2D eigenvalue weighted by Crippen LogP contribution is -2.23. The van der Waals surface area contributed by atoms with Crippen molar-refractivity contribution in [2.24, 2.45) is 0 Å². The van der Waals surface area contributed by atoms with Gasteiger partial charge in [0.15, 0.2) is 0 Å². The number of hydrogen-bond acceptors (Lipinski definition) is 3. The SMILES string of the molecule is Cl.Cl.O=C(O)C1Cc2cnc3cccc(n23)S1. The summed E-state index contributed by atoms with van der Waals surface area (Å²) in [6.45, 7) is 0. The van der Waals surface area contributed by atoms with Crippen molar-refractivity contribution in [2.45, 2.75) is 16.7 Å². The minimum Gasteiger partial charge on any atom is -0.480 e. The van der Waals surface area contributed by atoms with Gasteiger partial charge < -0.3 is 5.11 Å². The molecule has 2 aromatic heterocycles. The molecule has 0 fully saturated rings. The first-order valence-electron chi connectivity index (χ1n) is 4.60. The van der Waals surface area contributed by atoms with E-state index in [1.165, 1.54) is 11.8 Å². The molecule has 0 aromatic carbocycles. The summed E-state index contributed by atoms with van der Waals surface area (Å²) in [4.78, 5) is 15.2. The molecule has 0 amide bonds. The van der Waals surface area contributed by atoms with Gasteiger partial charge in [0.25, 0.3) is 0 Å². The highest BCUT2D eigenvalue weighted by Crippen LogP contribution is 2.32. The zero-order valence-corrected chi connectivity index (χ0v) is 11.0. The van der Waals surface area contributed by atoms with Gasteiger partial charge in [0.2, 0.25) is 0 Å². The molecule has 7 heteroatoms. The number of nitrogens with zero attached hydrogens (tertiary/aromatic N) is 2. The molecule has 1 atom stereocenters. The number of carboxylic acid groups (broad SMARTS) is 1. The van der Waals surface area contributed by atoms with Gasteiger partial charge >= 0.3 is 5.97 Å². The molecule has 1 N–H and O–H groups in total. The van der Waals surface area contributed by atoms with Crippen LogP contribution in [0.3, 0.4) is 0 Å². The van der Waals surface area contributed by atoms with E-state index >= 15 is 0 Å². The number of aromatic nitrogens is 2. The third-order valence-corrected chi connectivity index (χ3v) is 3.71. The van der Waals surface area contributed by atoms with E-state index < -0.39 is 5.97 Å². The average Bonchev–Trinajstić information content (AvgIpc) is 2.64. The van der Waals surface area contributed by atoms with E-state index in [4.69, 9.17) is 5.11 Å². The summed E-state index contributed by atoms with van der Waals surface area (Å²) in [6.07, 6.45) is 2.30. The van der Waals surface area contributed by atoms with E-state index in [9.17, 15) is 4.79 Å². The predicted octanol–water partition coefficient (Wildman–Crippen LogP) is 2.28. The summed E-state index contributed by atoms with van der Waals surface area (Å²) in [5.41, 5.74) is 1.87. The Kier molecular flexibility index (Phi) is 4.30. The Bertz CT molecular complexity index is 558. The highest BCUT2D eigenvalue weighted by molar-refractivity contribution is 8.00. The number of carboxylic acids is 1. The Balaban J connectivity index is 0.000000722. The van der Waals surface area contributed by atoms with Gasteiger partial charge in [-0.05, 0) is 12.1 Å². The number of imidazole rings is 1. The minimum absolute atomic E-state index is 0. The van der Waals surface area contributed by atoms with Crippen LogP contribution in [0.4, 0.5) is 0 Å². The maximum atomic E-state index is 11.0. The van der Waals surface area contributed by atoms with Crippen LogP contribution in [0.5, 0.6) is 0 Å². The van der Waals surface area contributed by atoms with Gasteiger partial charge in [-0.15, -0.1) is 24.8 Å². The number of rotatable bonds is 1. The molecule has 0 saturated heterocycles. The maximum absolute atomic E-state index is 11.0. The van der Waals surface area contributed by atoms with E-state index in [0.717, 1.165) is 16.4 Å². The Morgan fingerprint density at radius 3 is 2.94 bits per heavy atom. The minimum atomic E-state index is -0.760. The standard InChI is InChI=1S/C10H8N2O2S.2ClH/c13-10(14)7-4-6-5-11-8-2-1-3-9(15-7)12(6)8;;/h1-3,5,7H,4H2,(H,13,14);2*1H. The smallest absolute Gasteiger partial charge is 0.317 e. The quantitative estimate of drug-likeness (QED) is 0.876. The lowest BCUT2D eigenvalue weighted by atomic mass is 10.2. The third kappa shape index (κ3) is 2.22. The molecule has 0 saturated carbocycles. The zero-order chi connectivity index (χ0) is 10.4. The zero-order valence-electron chi connectivity index (χ0n) is 8.57. The van der Waals surface area contributed by atoms with Crippen molar-refractivity contribution in [3.05, 3.63) is 30.1 Å². The molecule has 0 radical (unpaired) electrons. The maximum Gasteiger partial charge on any atom is 0.317 e. The fourth-order valence-corrected chi connectivity index (χ4v) is 2.94. The fourth-order valence-electron chi connectivity index (χ4n) is 1.82. The molecule has 1 aliphatic rings. The predicted molar refractivity (Wildman–Crippen MR) is 70.7 cm³/mol. The van der Waals surface area contributed by atoms with Crippen LogP contribution in [0.1, 0.15) is 5.69 Å². The van der Waals surface area contributed by atoms with Crippen molar-refractivity contribution in [1.82, 2.24) is 9.38 Å². The number of halogens is 2. The molecule has 1 aliphatic heterocycles. The summed E-state index contributed by atoms with van der Waals surface area (Å²) in [5, 5.41) is 9.57. The van der Waals surface area contributed by atoms with E-state index in [1.54, 1.807) is 6.20 Å². The summed E-state index contributed by atoms with van der Waals surface area (Å²) in [7, 11) is 0. The van der Waals surface area contributed by atoms with Crippen LogP contribution in [0.15, 0.2) is 29.4 Å². The molecule has 4 nitrogen and oxygen atoms in total. The van der Waals surface area contributed by atoms with Gasteiger partial charge in [0.1, 0.15) is 10.9 Å². The molecule has 92 valence electrons. The molecule has 3 rings (SSSR count). The fraction of sp³-hybridized carbons (Fsp3) is 0.200. The highest BCUT2D eigenvalue weighted by atomic mass is 35.5. The number of hydrogen-bond donors (Lipinski definition) is 1. The molecule has 2 aromatic rings. The Labute approximate surface area is 114 Å². The van der Waals surface area contributed by atoms with Crippen LogP contribution in [-0.4, -0.2) is 25.7 Å². The number of carbonyl (C=O) groups is 1. The molecular formula is C10H10Cl2N2O2S. The largest absolute Gasteiger partial charge is 0.480 e. The Morgan fingerprint density at radius 1 is 1.47 bits per heavy atom. The average molecular weight is 293 g/mol. The normalized spacial score (nSPS) is 17.1. The lowest BCUT2D eigenvalue weighted by Gasteiger charge is -2.19. The van der Waals surface area contributed by atoms with E-state index in [1.807, 2.05) is 22.6 Å². The van der Waals surface area contributed by atoms with Crippen LogP contribution in [0.25, 0.3) is 5.65 Å². The molecular weight excluding hydrogens is 283 g/mol. The van der Waals surface area contributed by atoms with Crippen molar-refractivity contribution in [2.75, 3.05) is 0 Å². The highest BCUT2D eigenvalue weighted by Gasteiger charge is 2.26. The summed E-state index contributed by atoms with van der Waals surface area (Å²) >= 11 is 1.39. The van der Waals surface area contributed by atoms with Gasteiger partial charge in [-0.2, -0.15) is 0 Å². The first-order chi connectivity index (χ1) is 7.25. The van der Waals surface area contributed by atoms with E-state index in [-0.39, 0.29) is 30.1 Å². The van der Waals surface area contributed by atoms with Crippen LogP contribution < -0.4 is 0 Å². The van der Waals surface area contributed by atoms with Crippen molar-refractivity contribution >= 4 is 48.2 Å². The molecule has 0 aliphatic carbocycles. The van der Waals surface area contributed by atoms with Crippen molar-refractivity contribution < 1.29 is 9.90 Å². The summed E-state index contributed by atoms with van der Waals surface area (Å²) in [6, 6.07) is 5.76. The van der Waals surface area contributed by atoms with Crippen molar-refractivity contribution in [3.63, 3.8) is 0 Å². The first kappa shape index (κ1) is 14.2.